The summed E-state index contributed by atoms with van der Waals surface area (Å²) < 4.78 is 33.7. The minimum Gasteiger partial charge on any atom is -0.493 e. The first-order valence-corrected chi connectivity index (χ1v) is 14.0. The van der Waals surface area contributed by atoms with Crippen LogP contribution in [0.4, 0.5) is 0 Å². The molecule has 4 rings (SSSR count). The number of ether oxygens (including phenoxy) is 6. The zero-order valence-corrected chi connectivity index (χ0v) is 24.4. The second-order valence-electron chi connectivity index (χ2n) is 10.0. The predicted molar refractivity (Wildman–Crippen MR) is 155 cm³/mol. The molecule has 11 nitrogen and oxygen atoms in total. The fourth-order valence-corrected chi connectivity index (χ4v) is 4.76. The van der Waals surface area contributed by atoms with Crippen molar-refractivity contribution in [3.63, 3.8) is 0 Å². The number of pyridine rings is 1. The molecule has 11 heteroatoms. The number of benzene rings is 2. The molecule has 1 aliphatic rings. The van der Waals surface area contributed by atoms with Crippen molar-refractivity contribution in [1.82, 2.24) is 10.3 Å². The summed E-state index contributed by atoms with van der Waals surface area (Å²) in [6.07, 6.45) is 1.49. The minimum absolute atomic E-state index is 0.0458. The van der Waals surface area contributed by atoms with Gasteiger partial charge in [-0.2, -0.15) is 0 Å². The van der Waals surface area contributed by atoms with Gasteiger partial charge in [-0.05, 0) is 37.0 Å². The van der Waals surface area contributed by atoms with Crippen molar-refractivity contribution < 1.29 is 42.8 Å². The van der Waals surface area contributed by atoms with Gasteiger partial charge < -0.3 is 33.7 Å². The van der Waals surface area contributed by atoms with E-state index in [0.717, 1.165) is 5.56 Å². The van der Waals surface area contributed by atoms with Crippen LogP contribution < -0.4 is 19.5 Å². The summed E-state index contributed by atoms with van der Waals surface area (Å²) in [6, 6.07) is 19.8. The summed E-state index contributed by atoms with van der Waals surface area (Å²) in [4.78, 5) is 42.0. The van der Waals surface area contributed by atoms with Crippen LogP contribution >= 0.6 is 0 Å². The molecule has 0 aliphatic carbocycles. The number of carbonyl (C=O) groups excluding carboxylic acids is 3. The molecular formula is C32H36N2O9. The maximum Gasteiger partial charge on any atom is 0.331 e. The summed E-state index contributed by atoms with van der Waals surface area (Å²) in [6.45, 7) is 3.07. The largest absolute Gasteiger partial charge is 0.493 e. The highest BCUT2D eigenvalue weighted by Gasteiger charge is 2.36. The molecule has 3 aromatic rings. The van der Waals surface area contributed by atoms with E-state index < -0.39 is 36.8 Å². The molecule has 0 saturated carbocycles. The van der Waals surface area contributed by atoms with Crippen LogP contribution in [0.25, 0.3) is 0 Å². The lowest BCUT2D eigenvalue weighted by atomic mass is 9.84. The van der Waals surface area contributed by atoms with Crippen LogP contribution in [0.15, 0.2) is 72.9 Å². The summed E-state index contributed by atoms with van der Waals surface area (Å²) in [5.41, 5.74) is 0.956. The number of carbonyl (C=O) groups is 3. The zero-order chi connectivity index (χ0) is 30.6. The molecule has 0 bridgehead atoms. The van der Waals surface area contributed by atoms with Crippen LogP contribution in [0, 0.1) is 11.8 Å². The lowest BCUT2D eigenvalue weighted by molar-refractivity contribution is -0.154. The molecule has 0 radical (unpaired) electrons. The first kappa shape index (κ1) is 31.3. The standard InChI is InChI=1S/C32H36N2O9/c1-21-26(18-40-25-12-8-5-9-13-25)24(16-23-10-6-4-7-11-23)17-39-19-27(32(37)43-21)34-31(36)29-30(42-20-41-22(2)35)28(38-3)14-15-33-29/h4-15,21,24,26-27H,16-20H2,1-3H3,(H,34,36)/t21-,24-,26-,27-/m0/s1. The monoisotopic (exact) mass is 592 g/mol. The number of hydrogen-bond donors (Lipinski definition) is 1. The van der Waals surface area contributed by atoms with Crippen molar-refractivity contribution in [2.24, 2.45) is 11.8 Å². The van der Waals surface area contributed by atoms with Gasteiger partial charge in [0.2, 0.25) is 6.79 Å². The van der Waals surface area contributed by atoms with E-state index in [1.165, 1.54) is 26.3 Å². The van der Waals surface area contributed by atoms with Gasteiger partial charge in [-0.1, -0.05) is 48.5 Å². The molecule has 1 amide bonds. The third-order valence-corrected chi connectivity index (χ3v) is 7.01. The summed E-state index contributed by atoms with van der Waals surface area (Å²) in [7, 11) is 1.39. The molecule has 0 spiro atoms. The molecule has 1 fully saturated rings. The number of para-hydroxylation sites is 1. The van der Waals surface area contributed by atoms with E-state index in [4.69, 9.17) is 28.4 Å². The highest BCUT2D eigenvalue weighted by molar-refractivity contribution is 5.98. The molecule has 228 valence electrons. The van der Waals surface area contributed by atoms with Crippen LogP contribution in [0.5, 0.6) is 17.2 Å². The summed E-state index contributed by atoms with van der Waals surface area (Å²) in [5, 5.41) is 2.65. The summed E-state index contributed by atoms with van der Waals surface area (Å²) >= 11 is 0. The molecule has 4 atom stereocenters. The Bertz CT molecular complexity index is 1350. The Kier molecular flexibility index (Phi) is 11.3. The Morgan fingerprint density at radius 3 is 2.42 bits per heavy atom. The van der Waals surface area contributed by atoms with Gasteiger partial charge in [-0.3, -0.25) is 9.59 Å². The van der Waals surface area contributed by atoms with Crippen LogP contribution in [-0.4, -0.2) is 68.7 Å². The molecule has 2 heterocycles. The number of cyclic esters (lactones) is 1. The van der Waals surface area contributed by atoms with Crippen LogP contribution in [0.2, 0.25) is 0 Å². The van der Waals surface area contributed by atoms with Crippen molar-refractivity contribution in [3.8, 4) is 17.2 Å². The summed E-state index contributed by atoms with van der Waals surface area (Å²) in [5.74, 6) is -1.34. The van der Waals surface area contributed by atoms with Crippen LogP contribution in [-0.2, 0) is 30.2 Å². The van der Waals surface area contributed by atoms with Crippen LogP contribution in [0.3, 0.4) is 0 Å². The van der Waals surface area contributed by atoms with Crippen molar-refractivity contribution in [2.75, 3.05) is 33.7 Å². The molecule has 1 N–H and O–H groups in total. The van der Waals surface area contributed by atoms with Gasteiger partial charge in [-0.15, -0.1) is 0 Å². The quantitative estimate of drug-likeness (QED) is 0.260. The number of esters is 2. The minimum atomic E-state index is -1.13. The second-order valence-corrected chi connectivity index (χ2v) is 10.0. The van der Waals surface area contributed by atoms with Gasteiger partial charge in [0, 0.05) is 25.1 Å². The van der Waals surface area contributed by atoms with E-state index in [1.54, 1.807) is 0 Å². The normalized spacial score (nSPS) is 20.4. The molecule has 2 aromatic carbocycles. The molecule has 43 heavy (non-hydrogen) atoms. The van der Waals surface area contributed by atoms with Gasteiger partial charge >= 0.3 is 11.9 Å². The molecule has 1 saturated heterocycles. The van der Waals surface area contributed by atoms with Gasteiger partial charge in [-0.25, -0.2) is 9.78 Å². The van der Waals surface area contributed by atoms with E-state index >= 15 is 0 Å². The average Bonchev–Trinajstić information content (AvgIpc) is 3.05. The second kappa shape index (κ2) is 15.5. The first-order valence-electron chi connectivity index (χ1n) is 14.0. The van der Waals surface area contributed by atoms with E-state index in [-0.39, 0.29) is 35.6 Å². The lowest BCUT2D eigenvalue weighted by Gasteiger charge is -2.30. The molecule has 0 unspecified atom stereocenters. The number of methoxy groups -OCH3 is 1. The number of hydrogen-bond acceptors (Lipinski definition) is 10. The van der Waals surface area contributed by atoms with Crippen molar-refractivity contribution >= 4 is 17.8 Å². The number of nitrogens with one attached hydrogen (secondary N) is 1. The van der Waals surface area contributed by atoms with Crippen molar-refractivity contribution in [3.05, 3.63) is 84.2 Å². The Balaban J connectivity index is 1.51. The highest BCUT2D eigenvalue weighted by Crippen LogP contribution is 2.30. The topological polar surface area (TPSA) is 132 Å². The fraction of sp³-hybridized carbons (Fsp3) is 0.375. The Morgan fingerprint density at radius 1 is 1.00 bits per heavy atom. The maximum absolute atomic E-state index is 13.3. The number of amides is 1. The van der Waals surface area contributed by atoms with Crippen molar-refractivity contribution in [2.45, 2.75) is 32.4 Å². The van der Waals surface area contributed by atoms with Gasteiger partial charge in [0.15, 0.2) is 23.2 Å². The third kappa shape index (κ3) is 8.92. The van der Waals surface area contributed by atoms with Gasteiger partial charge in [0.25, 0.3) is 5.91 Å². The molecular weight excluding hydrogens is 556 g/mol. The Morgan fingerprint density at radius 2 is 1.72 bits per heavy atom. The average molecular weight is 593 g/mol. The molecule has 1 aliphatic heterocycles. The van der Waals surface area contributed by atoms with Crippen molar-refractivity contribution in [1.29, 1.82) is 0 Å². The number of nitrogens with zero attached hydrogens (tertiary/aromatic N) is 1. The van der Waals surface area contributed by atoms with E-state index in [2.05, 4.69) is 10.3 Å². The van der Waals surface area contributed by atoms with E-state index in [1.807, 2.05) is 67.6 Å². The first-order chi connectivity index (χ1) is 20.9. The Hall–Kier alpha value is -4.64. The van der Waals surface area contributed by atoms with Crippen LogP contribution in [0.1, 0.15) is 29.9 Å². The maximum atomic E-state index is 13.3. The number of aromatic nitrogens is 1. The number of rotatable bonds is 11. The Labute approximate surface area is 250 Å². The molecule has 1 aromatic heterocycles. The fourth-order valence-electron chi connectivity index (χ4n) is 4.76. The smallest absolute Gasteiger partial charge is 0.331 e. The SMILES string of the molecule is COc1ccnc(C(=O)N[C@H]2COC[C@H](Cc3ccccc3)[C@@H](COc3ccccc3)[C@H](C)OC2=O)c1OCOC(C)=O. The zero-order valence-electron chi connectivity index (χ0n) is 24.4. The van der Waals surface area contributed by atoms with Gasteiger partial charge in [0.05, 0.1) is 26.9 Å². The lowest BCUT2D eigenvalue weighted by Crippen LogP contribution is -2.46. The van der Waals surface area contributed by atoms with Gasteiger partial charge in [0.1, 0.15) is 11.9 Å². The third-order valence-electron chi connectivity index (χ3n) is 7.01. The van der Waals surface area contributed by atoms with E-state index in [0.29, 0.717) is 25.4 Å². The van der Waals surface area contributed by atoms with E-state index in [9.17, 15) is 14.4 Å². The predicted octanol–water partition coefficient (Wildman–Crippen LogP) is 3.60. The highest BCUT2D eigenvalue weighted by atomic mass is 16.7.